The average molecular weight is 418 g/mol. The lowest BCUT2D eigenvalue weighted by molar-refractivity contribution is -0.194. The third kappa shape index (κ3) is 4.06. The molecule has 0 bridgehead atoms. The first-order valence-corrected chi connectivity index (χ1v) is 10.8. The number of carbonyl (C=O) groups excluding carboxylic acids is 1. The number of fused-ring (bicyclic) bond motifs is 1. The van der Waals surface area contributed by atoms with E-state index < -0.39 is 29.7 Å². The molecular formula is C23H30O7. The number of aliphatic hydroxyl groups is 1. The summed E-state index contributed by atoms with van der Waals surface area (Å²) in [5, 5.41) is 11.2. The molecule has 4 atom stereocenters. The molecule has 1 saturated carbocycles. The number of ether oxygens (including phenoxy) is 5. The normalized spacial score (nSPS) is 24.9. The SMILES string of the molecule is C=C[C@H]([C@@H](C(=O)OCC)[C@H](O)c1ccc2c(c1)OCO2)[C@H]1COC2(CCCCC2)O1. The van der Waals surface area contributed by atoms with Gasteiger partial charge in [0.25, 0.3) is 0 Å². The zero-order valence-corrected chi connectivity index (χ0v) is 17.4. The van der Waals surface area contributed by atoms with E-state index in [1.54, 1.807) is 31.2 Å². The van der Waals surface area contributed by atoms with Crippen molar-refractivity contribution >= 4 is 5.97 Å². The van der Waals surface area contributed by atoms with Crippen LogP contribution in [0.4, 0.5) is 0 Å². The molecule has 0 radical (unpaired) electrons. The first-order valence-electron chi connectivity index (χ1n) is 10.8. The molecule has 1 spiro atoms. The van der Waals surface area contributed by atoms with Gasteiger partial charge in [-0.25, -0.2) is 0 Å². The standard InChI is InChI=1S/C23H30O7/c1-3-16(19-13-29-23(30-19)10-6-5-7-11-23)20(22(25)26-4-2)21(24)15-8-9-17-18(12-15)28-14-27-17/h3,8-9,12,16,19-21,24H,1,4-7,10-11,13-14H2,2H3/t16-,19+,20+,21+/m0/s1. The lowest BCUT2D eigenvalue weighted by Crippen LogP contribution is -2.40. The van der Waals surface area contributed by atoms with E-state index in [2.05, 4.69) is 6.58 Å². The van der Waals surface area contributed by atoms with Gasteiger partial charge >= 0.3 is 5.97 Å². The van der Waals surface area contributed by atoms with Gasteiger partial charge in [-0.15, -0.1) is 6.58 Å². The van der Waals surface area contributed by atoms with Crippen LogP contribution in [0.5, 0.6) is 11.5 Å². The molecule has 2 fully saturated rings. The fourth-order valence-electron chi connectivity index (χ4n) is 4.69. The summed E-state index contributed by atoms with van der Waals surface area (Å²) < 4.78 is 28.5. The van der Waals surface area contributed by atoms with Crippen LogP contribution in [-0.4, -0.2) is 43.0 Å². The van der Waals surface area contributed by atoms with Gasteiger partial charge in [-0.2, -0.15) is 0 Å². The predicted octanol–water partition coefficient (Wildman–Crippen LogP) is 3.51. The molecule has 0 amide bonds. The van der Waals surface area contributed by atoms with Crippen LogP contribution in [0.3, 0.4) is 0 Å². The Kier molecular flexibility index (Phi) is 6.32. The minimum Gasteiger partial charge on any atom is -0.466 e. The summed E-state index contributed by atoms with van der Waals surface area (Å²) in [5.41, 5.74) is 0.551. The Morgan fingerprint density at radius 2 is 2.07 bits per heavy atom. The maximum Gasteiger partial charge on any atom is 0.312 e. The molecule has 1 N–H and O–H groups in total. The van der Waals surface area contributed by atoms with Crippen LogP contribution < -0.4 is 9.47 Å². The van der Waals surface area contributed by atoms with Crippen molar-refractivity contribution in [2.24, 2.45) is 11.8 Å². The van der Waals surface area contributed by atoms with E-state index in [0.29, 0.717) is 23.7 Å². The van der Waals surface area contributed by atoms with Gasteiger partial charge in [0, 0.05) is 18.8 Å². The number of benzene rings is 1. The van der Waals surface area contributed by atoms with Crippen molar-refractivity contribution < 1.29 is 33.6 Å². The topological polar surface area (TPSA) is 83.5 Å². The third-order valence-corrected chi connectivity index (χ3v) is 6.25. The first kappa shape index (κ1) is 21.2. The van der Waals surface area contributed by atoms with Crippen molar-refractivity contribution in [2.75, 3.05) is 20.0 Å². The molecule has 1 saturated heterocycles. The Labute approximate surface area is 176 Å². The Morgan fingerprint density at radius 3 is 2.80 bits per heavy atom. The van der Waals surface area contributed by atoms with Crippen LogP contribution in [0.2, 0.25) is 0 Å². The number of hydrogen-bond donors (Lipinski definition) is 1. The van der Waals surface area contributed by atoms with Crippen molar-refractivity contribution in [2.45, 2.75) is 57.0 Å². The summed E-state index contributed by atoms with van der Waals surface area (Å²) in [4.78, 5) is 12.9. The summed E-state index contributed by atoms with van der Waals surface area (Å²) in [6.45, 7) is 6.41. The molecular weight excluding hydrogens is 388 g/mol. The van der Waals surface area contributed by atoms with Gasteiger partial charge in [0.1, 0.15) is 0 Å². The van der Waals surface area contributed by atoms with Crippen LogP contribution in [0.1, 0.15) is 50.7 Å². The molecule has 1 aromatic rings. The van der Waals surface area contributed by atoms with E-state index in [1.165, 1.54) is 6.42 Å². The maximum atomic E-state index is 12.9. The monoisotopic (exact) mass is 418 g/mol. The van der Waals surface area contributed by atoms with Gasteiger partial charge in [0.05, 0.1) is 31.3 Å². The smallest absolute Gasteiger partial charge is 0.312 e. The van der Waals surface area contributed by atoms with Crippen molar-refractivity contribution in [3.63, 3.8) is 0 Å². The van der Waals surface area contributed by atoms with Crippen molar-refractivity contribution in [1.29, 1.82) is 0 Å². The summed E-state index contributed by atoms with van der Waals surface area (Å²) in [5.74, 6) is -1.24. The Bertz CT molecular complexity index is 771. The van der Waals surface area contributed by atoms with Crippen LogP contribution in [0.15, 0.2) is 30.9 Å². The molecule has 4 rings (SSSR count). The zero-order valence-electron chi connectivity index (χ0n) is 17.4. The molecule has 30 heavy (non-hydrogen) atoms. The third-order valence-electron chi connectivity index (χ3n) is 6.25. The van der Waals surface area contributed by atoms with E-state index in [4.69, 9.17) is 23.7 Å². The molecule has 164 valence electrons. The quantitative estimate of drug-likeness (QED) is 0.536. The van der Waals surface area contributed by atoms with E-state index in [-0.39, 0.29) is 19.5 Å². The Morgan fingerprint density at radius 1 is 1.30 bits per heavy atom. The van der Waals surface area contributed by atoms with Crippen molar-refractivity contribution in [3.8, 4) is 11.5 Å². The number of rotatable bonds is 7. The van der Waals surface area contributed by atoms with Crippen molar-refractivity contribution in [3.05, 3.63) is 36.4 Å². The number of esters is 1. The Balaban J connectivity index is 1.58. The zero-order chi connectivity index (χ0) is 21.1. The second kappa shape index (κ2) is 8.96. The highest BCUT2D eigenvalue weighted by atomic mass is 16.7. The predicted molar refractivity (Wildman–Crippen MR) is 108 cm³/mol. The second-order valence-corrected chi connectivity index (χ2v) is 8.09. The highest BCUT2D eigenvalue weighted by Crippen LogP contribution is 2.44. The van der Waals surface area contributed by atoms with Crippen molar-refractivity contribution in [1.82, 2.24) is 0 Å². The van der Waals surface area contributed by atoms with Crippen LogP contribution in [-0.2, 0) is 19.0 Å². The number of carbonyl (C=O) groups is 1. The fourth-order valence-corrected chi connectivity index (χ4v) is 4.69. The van der Waals surface area contributed by atoms with Gasteiger partial charge in [0.2, 0.25) is 6.79 Å². The molecule has 2 aliphatic heterocycles. The van der Waals surface area contributed by atoms with Gasteiger partial charge in [-0.3, -0.25) is 4.79 Å². The largest absolute Gasteiger partial charge is 0.466 e. The summed E-state index contributed by atoms with van der Waals surface area (Å²) in [6.07, 6.45) is 5.18. The lowest BCUT2D eigenvalue weighted by Gasteiger charge is -2.34. The molecule has 1 aliphatic carbocycles. The minimum absolute atomic E-state index is 0.140. The molecule has 3 aliphatic rings. The number of aliphatic hydroxyl groups excluding tert-OH is 1. The van der Waals surface area contributed by atoms with Gasteiger partial charge in [0.15, 0.2) is 17.3 Å². The summed E-state index contributed by atoms with van der Waals surface area (Å²) in [6, 6.07) is 5.17. The minimum atomic E-state index is -1.12. The summed E-state index contributed by atoms with van der Waals surface area (Å²) >= 11 is 0. The van der Waals surface area contributed by atoms with Gasteiger partial charge in [-0.1, -0.05) is 18.6 Å². The van der Waals surface area contributed by atoms with Crippen LogP contribution in [0.25, 0.3) is 0 Å². The van der Waals surface area contributed by atoms with Crippen LogP contribution in [0, 0.1) is 11.8 Å². The molecule has 0 unspecified atom stereocenters. The number of hydrogen-bond acceptors (Lipinski definition) is 7. The summed E-state index contributed by atoms with van der Waals surface area (Å²) in [7, 11) is 0. The average Bonchev–Trinajstić information content (AvgIpc) is 3.39. The Hall–Kier alpha value is -2.09. The lowest BCUT2D eigenvalue weighted by atomic mass is 9.81. The highest BCUT2D eigenvalue weighted by molar-refractivity contribution is 5.74. The molecule has 7 heteroatoms. The van der Waals surface area contributed by atoms with Gasteiger partial charge in [-0.05, 0) is 37.5 Å². The van der Waals surface area contributed by atoms with E-state index in [1.807, 2.05) is 0 Å². The van der Waals surface area contributed by atoms with Gasteiger partial charge < -0.3 is 28.8 Å². The second-order valence-electron chi connectivity index (χ2n) is 8.09. The molecule has 0 aromatic heterocycles. The first-order chi connectivity index (χ1) is 14.6. The van der Waals surface area contributed by atoms with Crippen LogP contribution >= 0.6 is 0 Å². The van der Waals surface area contributed by atoms with E-state index >= 15 is 0 Å². The molecule has 7 nitrogen and oxygen atoms in total. The van der Waals surface area contributed by atoms with E-state index in [9.17, 15) is 9.90 Å². The van der Waals surface area contributed by atoms with E-state index in [0.717, 1.165) is 25.7 Å². The fraction of sp³-hybridized carbons (Fsp3) is 0.609. The maximum absolute atomic E-state index is 12.9. The molecule has 2 heterocycles. The highest BCUT2D eigenvalue weighted by Gasteiger charge is 2.48. The molecule has 1 aromatic carbocycles.